The minimum Gasteiger partial charge on any atom is -0.449 e. The Labute approximate surface area is 177 Å². The van der Waals surface area contributed by atoms with Crippen molar-refractivity contribution in [3.63, 3.8) is 0 Å². The van der Waals surface area contributed by atoms with Crippen molar-refractivity contribution in [2.24, 2.45) is 0 Å². The molecule has 4 aromatic rings. The van der Waals surface area contributed by atoms with Gasteiger partial charge in [-0.2, -0.15) is 0 Å². The number of aromatic nitrogens is 2. The fourth-order valence-electron chi connectivity index (χ4n) is 2.87. The quantitative estimate of drug-likeness (QED) is 0.470. The second kappa shape index (κ2) is 8.42. The van der Waals surface area contributed by atoms with Crippen LogP contribution in [0.15, 0.2) is 67.0 Å². The predicted molar refractivity (Wildman–Crippen MR) is 118 cm³/mol. The predicted octanol–water partition coefficient (Wildman–Crippen LogP) is 4.85. The Balaban J connectivity index is 1.41. The lowest BCUT2D eigenvalue weighted by molar-refractivity contribution is -0.123. The third-order valence-electron chi connectivity index (χ3n) is 4.51. The number of hydrogen-bond acceptors (Lipinski definition) is 6. The van der Waals surface area contributed by atoms with Gasteiger partial charge in [-0.15, -0.1) is 11.3 Å². The number of benzene rings is 2. The van der Waals surface area contributed by atoms with Gasteiger partial charge in [-0.25, -0.2) is 9.78 Å². The van der Waals surface area contributed by atoms with Crippen LogP contribution < -0.4 is 5.32 Å². The molecular formula is C23H19N3O3S. The molecule has 0 unspecified atom stereocenters. The third kappa shape index (κ3) is 4.36. The van der Waals surface area contributed by atoms with E-state index in [1.807, 2.05) is 36.4 Å². The number of esters is 1. The first kappa shape index (κ1) is 19.7. The number of nitrogens with one attached hydrogen (secondary N) is 1. The van der Waals surface area contributed by atoms with Crippen LogP contribution in [0.2, 0.25) is 0 Å². The first-order valence-corrected chi connectivity index (χ1v) is 10.2. The van der Waals surface area contributed by atoms with Gasteiger partial charge in [0.05, 0.1) is 15.8 Å². The lowest BCUT2D eigenvalue weighted by Gasteiger charge is -2.13. The number of fused-ring (bicyclic) bond motifs is 1. The summed E-state index contributed by atoms with van der Waals surface area (Å²) in [5.74, 6) is -0.970. The lowest BCUT2D eigenvalue weighted by Crippen LogP contribution is -2.30. The maximum Gasteiger partial charge on any atom is 0.339 e. The Kier molecular flexibility index (Phi) is 5.54. The van der Waals surface area contributed by atoms with Crippen LogP contribution >= 0.6 is 11.3 Å². The summed E-state index contributed by atoms with van der Waals surface area (Å²) in [5.41, 5.74) is 4.12. The summed E-state index contributed by atoms with van der Waals surface area (Å²) < 4.78 is 6.37. The average molecular weight is 417 g/mol. The van der Waals surface area contributed by atoms with E-state index < -0.39 is 18.0 Å². The van der Waals surface area contributed by atoms with E-state index in [2.05, 4.69) is 28.3 Å². The molecule has 2 heterocycles. The van der Waals surface area contributed by atoms with E-state index in [4.69, 9.17) is 4.74 Å². The van der Waals surface area contributed by atoms with Gasteiger partial charge in [0.2, 0.25) is 0 Å². The molecule has 0 bridgehead atoms. The van der Waals surface area contributed by atoms with Gasteiger partial charge in [0.15, 0.2) is 6.10 Å². The summed E-state index contributed by atoms with van der Waals surface area (Å²) in [6.45, 7) is 3.59. The van der Waals surface area contributed by atoms with Gasteiger partial charge in [-0.05, 0) is 67.9 Å². The minimum atomic E-state index is -0.933. The molecule has 30 heavy (non-hydrogen) atoms. The van der Waals surface area contributed by atoms with E-state index in [1.54, 1.807) is 11.3 Å². The van der Waals surface area contributed by atoms with Gasteiger partial charge in [-0.1, -0.05) is 6.07 Å². The summed E-state index contributed by atoms with van der Waals surface area (Å²) in [6, 6.07) is 16.7. The molecule has 150 valence electrons. The molecule has 0 aliphatic carbocycles. The SMILES string of the molecule is Cc1ccc2nc(-c3ccc(NC(=O)[C@@H](C)OC(=O)c4ccncc4)cc3)sc2c1. The smallest absolute Gasteiger partial charge is 0.339 e. The van der Waals surface area contributed by atoms with E-state index in [0.29, 0.717) is 11.3 Å². The fraction of sp³-hybridized carbons (Fsp3) is 0.130. The Morgan fingerprint density at radius 3 is 2.50 bits per heavy atom. The zero-order valence-corrected chi connectivity index (χ0v) is 17.3. The average Bonchev–Trinajstić information content (AvgIpc) is 3.18. The standard InChI is InChI=1S/C23H19N3O3S/c1-14-3-8-19-20(13-14)30-22(26-19)16-4-6-18(7-5-16)25-21(27)15(2)29-23(28)17-9-11-24-12-10-17/h3-13,15H,1-2H3,(H,25,27)/t15-/m1/s1. The van der Waals surface area contributed by atoms with Gasteiger partial charge in [0, 0.05) is 23.6 Å². The molecular weight excluding hydrogens is 398 g/mol. The second-order valence-corrected chi connectivity index (χ2v) is 7.87. The third-order valence-corrected chi connectivity index (χ3v) is 5.58. The second-order valence-electron chi connectivity index (χ2n) is 6.84. The van der Waals surface area contributed by atoms with Crippen molar-refractivity contribution in [1.29, 1.82) is 0 Å². The van der Waals surface area contributed by atoms with Crippen molar-refractivity contribution < 1.29 is 14.3 Å². The molecule has 0 aliphatic rings. The molecule has 7 heteroatoms. The van der Waals surface area contributed by atoms with Crippen LogP contribution in [-0.4, -0.2) is 27.9 Å². The van der Waals surface area contributed by atoms with Crippen LogP contribution in [0.1, 0.15) is 22.8 Å². The molecule has 1 N–H and O–H groups in total. The van der Waals surface area contributed by atoms with Crippen LogP contribution in [0.25, 0.3) is 20.8 Å². The van der Waals surface area contributed by atoms with E-state index in [1.165, 1.54) is 37.0 Å². The van der Waals surface area contributed by atoms with Crippen LogP contribution in [0.5, 0.6) is 0 Å². The van der Waals surface area contributed by atoms with Crippen LogP contribution in [0, 0.1) is 6.92 Å². The maximum atomic E-state index is 12.4. The van der Waals surface area contributed by atoms with Crippen molar-refractivity contribution in [2.45, 2.75) is 20.0 Å². The molecule has 2 aromatic heterocycles. The Morgan fingerprint density at radius 2 is 1.77 bits per heavy atom. The van der Waals surface area contributed by atoms with E-state index in [-0.39, 0.29) is 0 Å². The monoisotopic (exact) mass is 417 g/mol. The van der Waals surface area contributed by atoms with Gasteiger partial charge in [0.25, 0.3) is 5.91 Å². The summed E-state index contributed by atoms with van der Waals surface area (Å²) in [7, 11) is 0. The molecule has 0 saturated carbocycles. The largest absolute Gasteiger partial charge is 0.449 e. The van der Waals surface area contributed by atoms with Gasteiger partial charge in [-0.3, -0.25) is 9.78 Å². The number of anilines is 1. The van der Waals surface area contributed by atoms with Crippen molar-refractivity contribution in [1.82, 2.24) is 9.97 Å². The number of aryl methyl sites for hydroxylation is 1. The minimum absolute atomic E-state index is 0.347. The van der Waals surface area contributed by atoms with Gasteiger partial charge < -0.3 is 10.1 Å². The first-order valence-electron chi connectivity index (χ1n) is 9.39. The highest BCUT2D eigenvalue weighted by atomic mass is 32.1. The molecule has 0 saturated heterocycles. The first-order chi connectivity index (χ1) is 14.5. The topological polar surface area (TPSA) is 81.2 Å². The lowest BCUT2D eigenvalue weighted by atomic mass is 10.2. The van der Waals surface area contributed by atoms with Crippen LogP contribution in [-0.2, 0) is 9.53 Å². The molecule has 6 nitrogen and oxygen atoms in total. The molecule has 1 amide bonds. The fourth-order valence-corrected chi connectivity index (χ4v) is 3.93. The van der Waals surface area contributed by atoms with Crippen molar-refractivity contribution in [2.75, 3.05) is 5.32 Å². The van der Waals surface area contributed by atoms with Gasteiger partial charge in [0.1, 0.15) is 5.01 Å². The van der Waals surface area contributed by atoms with Crippen molar-refractivity contribution in [3.05, 3.63) is 78.1 Å². The number of hydrogen-bond donors (Lipinski definition) is 1. The number of pyridine rings is 1. The summed E-state index contributed by atoms with van der Waals surface area (Å²) in [4.78, 5) is 33.0. The van der Waals surface area contributed by atoms with E-state index in [9.17, 15) is 9.59 Å². The zero-order valence-electron chi connectivity index (χ0n) is 16.5. The molecule has 2 aromatic carbocycles. The maximum absolute atomic E-state index is 12.4. The molecule has 0 fully saturated rings. The molecule has 1 atom stereocenters. The van der Waals surface area contributed by atoms with Crippen molar-refractivity contribution in [3.8, 4) is 10.6 Å². The van der Waals surface area contributed by atoms with Crippen LogP contribution in [0.4, 0.5) is 5.69 Å². The number of carbonyl (C=O) groups excluding carboxylic acids is 2. The highest BCUT2D eigenvalue weighted by Gasteiger charge is 2.19. The molecule has 0 aliphatic heterocycles. The number of thiazole rings is 1. The summed E-state index contributed by atoms with van der Waals surface area (Å²) in [6.07, 6.45) is 2.06. The Morgan fingerprint density at radius 1 is 1.03 bits per heavy atom. The van der Waals surface area contributed by atoms with E-state index >= 15 is 0 Å². The number of rotatable bonds is 5. The Bertz CT molecular complexity index is 1200. The van der Waals surface area contributed by atoms with Crippen molar-refractivity contribution >= 4 is 39.1 Å². The summed E-state index contributed by atoms with van der Waals surface area (Å²) in [5, 5.41) is 3.69. The zero-order chi connectivity index (χ0) is 21.1. The highest BCUT2D eigenvalue weighted by molar-refractivity contribution is 7.21. The molecule has 0 spiro atoms. The number of carbonyl (C=O) groups is 2. The molecule has 4 rings (SSSR count). The Hall–Kier alpha value is -3.58. The number of ether oxygens (including phenoxy) is 1. The highest BCUT2D eigenvalue weighted by Crippen LogP contribution is 2.31. The number of amides is 1. The number of nitrogens with zero attached hydrogens (tertiary/aromatic N) is 2. The molecule has 0 radical (unpaired) electrons. The van der Waals surface area contributed by atoms with Gasteiger partial charge >= 0.3 is 5.97 Å². The van der Waals surface area contributed by atoms with E-state index in [0.717, 1.165) is 20.8 Å². The summed E-state index contributed by atoms with van der Waals surface area (Å²) >= 11 is 1.63. The van der Waals surface area contributed by atoms with Crippen LogP contribution in [0.3, 0.4) is 0 Å². The normalized spacial score (nSPS) is 11.8.